The zero-order valence-corrected chi connectivity index (χ0v) is 20.1. The van der Waals surface area contributed by atoms with E-state index in [1.807, 2.05) is 43.3 Å². The molecule has 1 aliphatic rings. The number of carbonyl (C=O) groups excluding carboxylic acids is 1. The van der Waals surface area contributed by atoms with E-state index in [9.17, 15) is 14.4 Å². The van der Waals surface area contributed by atoms with E-state index < -0.39 is 11.2 Å². The molecule has 0 bridgehead atoms. The van der Waals surface area contributed by atoms with Gasteiger partial charge in [-0.25, -0.2) is 4.79 Å². The maximum atomic E-state index is 13.2. The molecule has 0 aliphatic carbocycles. The van der Waals surface area contributed by atoms with E-state index in [0.717, 1.165) is 30.1 Å². The van der Waals surface area contributed by atoms with Crippen LogP contribution in [0.15, 0.2) is 50.5 Å². The lowest BCUT2D eigenvalue weighted by molar-refractivity contribution is -0.120. The van der Waals surface area contributed by atoms with Gasteiger partial charge in [-0.05, 0) is 19.4 Å². The van der Waals surface area contributed by atoms with Crippen LogP contribution in [0.5, 0.6) is 0 Å². The number of H-pyrrole nitrogens is 1. The summed E-state index contributed by atoms with van der Waals surface area (Å²) in [7, 11) is 0. The van der Waals surface area contributed by atoms with Gasteiger partial charge in [-0.2, -0.15) is 0 Å². The molecule has 4 rings (SSSR count). The Morgan fingerprint density at radius 3 is 2.43 bits per heavy atom. The molecule has 1 aromatic carbocycles. The summed E-state index contributed by atoms with van der Waals surface area (Å²) in [6.45, 7) is 7.93. The number of hydrogen-bond donors (Lipinski definition) is 2. The van der Waals surface area contributed by atoms with E-state index in [4.69, 9.17) is 10.3 Å². The molecule has 1 aliphatic heterocycles. The van der Waals surface area contributed by atoms with Crippen molar-refractivity contribution < 1.29 is 9.32 Å². The number of rotatable bonds is 8. The van der Waals surface area contributed by atoms with Crippen molar-refractivity contribution >= 4 is 17.4 Å². The van der Waals surface area contributed by atoms with Crippen molar-refractivity contribution in [2.24, 2.45) is 0 Å². The maximum Gasteiger partial charge on any atom is 0.330 e. The molecular formula is C24H31N7O4. The second-order valence-corrected chi connectivity index (χ2v) is 8.68. The minimum absolute atomic E-state index is 0.00747. The fraction of sp³-hybridized carbons (Fsp3) is 0.417. The lowest BCUT2D eigenvalue weighted by Gasteiger charge is -2.35. The molecule has 11 nitrogen and oxygen atoms in total. The Labute approximate surface area is 202 Å². The van der Waals surface area contributed by atoms with E-state index in [2.05, 4.69) is 19.9 Å². The number of nitrogen functional groups attached to an aromatic ring is 1. The number of likely N-dealkylation sites (N-methyl/N-ethyl adjacent to an activating group) is 1. The molecule has 3 N–H and O–H groups in total. The highest BCUT2D eigenvalue weighted by molar-refractivity contribution is 5.96. The number of nitrogens with zero attached hydrogens (tertiary/aromatic N) is 5. The zero-order chi connectivity index (χ0) is 24.9. The summed E-state index contributed by atoms with van der Waals surface area (Å²) in [6.07, 6.45) is 0. The highest BCUT2D eigenvalue weighted by Gasteiger charge is 2.26. The van der Waals surface area contributed by atoms with Gasteiger partial charge in [0.05, 0.1) is 18.8 Å². The molecule has 35 heavy (non-hydrogen) atoms. The van der Waals surface area contributed by atoms with Crippen LogP contribution in [0.3, 0.4) is 0 Å². The van der Waals surface area contributed by atoms with Gasteiger partial charge in [0.2, 0.25) is 5.91 Å². The lowest BCUT2D eigenvalue weighted by atomic mass is 10.2. The summed E-state index contributed by atoms with van der Waals surface area (Å²) in [4.78, 5) is 46.4. The summed E-state index contributed by atoms with van der Waals surface area (Å²) in [6, 6.07) is 11.2. The van der Waals surface area contributed by atoms with Crippen molar-refractivity contribution in [3.8, 4) is 0 Å². The Morgan fingerprint density at radius 2 is 1.80 bits per heavy atom. The van der Waals surface area contributed by atoms with Crippen LogP contribution < -0.4 is 21.9 Å². The van der Waals surface area contributed by atoms with Crippen LogP contribution in [-0.4, -0.2) is 69.7 Å². The highest BCUT2D eigenvalue weighted by Crippen LogP contribution is 2.18. The number of aromatic nitrogens is 3. The monoisotopic (exact) mass is 481 g/mol. The minimum atomic E-state index is -0.667. The average molecular weight is 482 g/mol. The molecule has 0 spiro atoms. The molecule has 2 aromatic heterocycles. The third-order valence-electron chi connectivity index (χ3n) is 6.17. The van der Waals surface area contributed by atoms with Crippen LogP contribution in [0.4, 0.5) is 11.5 Å². The van der Waals surface area contributed by atoms with Crippen molar-refractivity contribution in [3.63, 3.8) is 0 Å². The van der Waals surface area contributed by atoms with Gasteiger partial charge in [0.1, 0.15) is 11.6 Å². The number of anilines is 2. The average Bonchev–Trinajstić information content (AvgIpc) is 3.25. The van der Waals surface area contributed by atoms with Crippen LogP contribution in [0.2, 0.25) is 0 Å². The number of hydrogen-bond acceptors (Lipinski definition) is 8. The number of amides is 1. The molecule has 3 heterocycles. The van der Waals surface area contributed by atoms with Gasteiger partial charge in [0, 0.05) is 45.3 Å². The standard InChI is InChI=1S/C24H31N7O4/c1-3-30(20(32)16-29-11-9-28(10-12-29)15-19-13-17(2)35-27-19)21-22(25)31(24(34)26-23(21)33)14-18-7-5-4-6-8-18/h4-8,13H,3,9-12,14-16,25H2,1-2H3,(H,26,33,34). The van der Waals surface area contributed by atoms with Crippen LogP contribution in [0.1, 0.15) is 23.9 Å². The zero-order valence-electron chi connectivity index (χ0n) is 20.1. The summed E-state index contributed by atoms with van der Waals surface area (Å²) in [5, 5.41) is 4.04. The van der Waals surface area contributed by atoms with Crippen LogP contribution in [-0.2, 0) is 17.9 Å². The number of aryl methyl sites for hydroxylation is 1. The largest absolute Gasteiger partial charge is 0.383 e. The van der Waals surface area contributed by atoms with Gasteiger partial charge >= 0.3 is 5.69 Å². The Kier molecular flexibility index (Phi) is 7.47. The van der Waals surface area contributed by atoms with E-state index >= 15 is 0 Å². The number of benzene rings is 1. The van der Waals surface area contributed by atoms with Crippen LogP contribution >= 0.6 is 0 Å². The first-order valence-corrected chi connectivity index (χ1v) is 11.7. The molecule has 1 amide bonds. The number of nitrogens with two attached hydrogens (primary N) is 1. The summed E-state index contributed by atoms with van der Waals surface area (Å²) >= 11 is 0. The van der Waals surface area contributed by atoms with E-state index in [-0.39, 0.29) is 37.0 Å². The summed E-state index contributed by atoms with van der Waals surface area (Å²) in [5.41, 5.74) is 6.77. The summed E-state index contributed by atoms with van der Waals surface area (Å²) < 4.78 is 6.42. The van der Waals surface area contributed by atoms with Gasteiger partial charge in [-0.15, -0.1) is 0 Å². The molecular weight excluding hydrogens is 450 g/mol. The Balaban J connectivity index is 1.44. The van der Waals surface area contributed by atoms with Crippen LogP contribution in [0, 0.1) is 6.92 Å². The van der Waals surface area contributed by atoms with Crippen molar-refractivity contribution in [1.29, 1.82) is 0 Å². The molecule has 0 saturated carbocycles. The third-order valence-corrected chi connectivity index (χ3v) is 6.17. The number of carbonyl (C=O) groups is 1. The van der Waals surface area contributed by atoms with Gasteiger partial charge in [0.25, 0.3) is 5.56 Å². The predicted molar refractivity (Wildman–Crippen MR) is 132 cm³/mol. The molecule has 0 radical (unpaired) electrons. The Hall–Kier alpha value is -3.70. The fourth-order valence-corrected chi connectivity index (χ4v) is 4.32. The van der Waals surface area contributed by atoms with Crippen molar-refractivity contribution in [2.45, 2.75) is 26.9 Å². The number of aromatic amines is 1. The molecule has 186 valence electrons. The summed E-state index contributed by atoms with van der Waals surface area (Å²) in [5.74, 6) is 0.522. The van der Waals surface area contributed by atoms with E-state index in [1.165, 1.54) is 9.47 Å². The number of nitrogens with one attached hydrogen (secondary N) is 1. The Bertz CT molecular complexity index is 1270. The first-order valence-electron chi connectivity index (χ1n) is 11.7. The van der Waals surface area contributed by atoms with Gasteiger partial charge in [0.15, 0.2) is 5.69 Å². The molecule has 1 fully saturated rings. The first kappa shape index (κ1) is 24.4. The second-order valence-electron chi connectivity index (χ2n) is 8.68. The highest BCUT2D eigenvalue weighted by atomic mass is 16.5. The first-order chi connectivity index (χ1) is 16.9. The van der Waals surface area contributed by atoms with Gasteiger partial charge in [-0.1, -0.05) is 35.5 Å². The normalized spacial score (nSPS) is 14.8. The molecule has 0 atom stereocenters. The maximum absolute atomic E-state index is 13.2. The molecule has 1 saturated heterocycles. The number of piperazine rings is 1. The van der Waals surface area contributed by atoms with E-state index in [1.54, 1.807) is 6.92 Å². The minimum Gasteiger partial charge on any atom is -0.383 e. The predicted octanol–water partition coefficient (Wildman–Crippen LogP) is 0.634. The lowest BCUT2D eigenvalue weighted by Crippen LogP contribution is -2.50. The van der Waals surface area contributed by atoms with Gasteiger partial charge < -0.3 is 15.2 Å². The quantitative estimate of drug-likeness (QED) is 0.479. The Morgan fingerprint density at radius 1 is 1.11 bits per heavy atom. The van der Waals surface area contributed by atoms with Crippen molar-refractivity contribution in [3.05, 3.63) is 74.3 Å². The molecule has 0 unspecified atom stereocenters. The van der Waals surface area contributed by atoms with Crippen molar-refractivity contribution in [1.82, 2.24) is 24.5 Å². The van der Waals surface area contributed by atoms with Gasteiger partial charge in [-0.3, -0.25) is 28.9 Å². The van der Waals surface area contributed by atoms with E-state index in [0.29, 0.717) is 19.6 Å². The third kappa shape index (κ3) is 5.69. The molecule has 3 aromatic rings. The smallest absolute Gasteiger partial charge is 0.330 e. The SMILES string of the molecule is CCN(C(=O)CN1CCN(Cc2cc(C)on2)CC1)c1c(N)n(Cc2ccccc2)c(=O)[nH]c1=O. The second kappa shape index (κ2) is 10.7. The van der Waals surface area contributed by atoms with Crippen LogP contribution in [0.25, 0.3) is 0 Å². The van der Waals surface area contributed by atoms with Crippen molar-refractivity contribution in [2.75, 3.05) is 49.9 Å². The fourth-order valence-electron chi connectivity index (χ4n) is 4.32. The topological polar surface area (TPSA) is 134 Å². The molecule has 11 heteroatoms.